The van der Waals surface area contributed by atoms with E-state index in [2.05, 4.69) is 23.5 Å². The number of nitriles is 1. The van der Waals surface area contributed by atoms with E-state index in [1.54, 1.807) is 7.11 Å². The average molecular weight is 242 g/mol. The Hall–Kier alpha value is -1.53. The molecule has 1 unspecified atom stereocenters. The van der Waals surface area contributed by atoms with Crippen LogP contribution in [-0.2, 0) is 12.0 Å². The topological polar surface area (TPSA) is 45.0 Å². The van der Waals surface area contributed by atoms with E-state index in [9.17, 15) is 5.26 Å². The van der Waals surface area contributed by atoms with Crippen LogP contribution in [0.15, 0.2) is 18.2 Å². The van der Waals surface area contributed by atoms with E-state index in [4.69, 9.17) is 4.74 Å². The van der Waals surface area contributed by atoms with Gasteiger partial charge in [-0.2, -0.15) is 5.26 Å². The van der Waals surface area contributed by atoms with Crippen molar-refractivity contribution in [2.45, 2.75) is 43.7 Å². The highest BCUT2D eigenvalue weighted by atomic mass is 16.5. The summed E-state index contributed by atoms with van der Waals surface area (Å²) >= 11 is 0. The highest BCUT2D eigenvalue weighted by Crippen LogP contribution is 2.39. The van der Waals surface area contributed by atoms with Gasteiger partial charge in [-0.15, -0.1) is 0 Å². The quantitative estimate of drug-likeness (QED) is 0.885. The lowest BCUT2D eigenvalue weighted by molar-refractivity contribution is 0.360. The molecule has 0 heterocycles. The van der Waals surface area contributed by atoms with Crippen molar-refractivity contribution in [1.82, 2.24) is 5.32 Å². The predicted molar refractivity (Wildman–Crippen MR) is 69.4 cm³/mol. The summed E-state index contributed by atoms with van der Waals surface area (Å²) in [7, 11) is 1.69. The maximum atomic E-state index is 9.65. The predicted octanol–water partition coefficient (Wildman–Crippen LogP) is 2.50. The lowest BCUT2D eigenvalue weighted by atomic mass is 9.77. The van der Waals surface area contributed by atoms with Crippen LogP contribution in [0.1, 0.15) is 36.8 Å². The molecule has 3 rings (SSSR count). The zero-order valence-corrected chi connectivity index (χ0v) is 10.7. The molecule has 0 saturated heterocycles. The van der Waals surface area contributed by atoms with Crippen LogP contribution >= 0.6 is 0 Å². The molecular weight excluding hydrogens is 224 g/mol. The molecule has 2 aliphatic rings. The molecule has 0 amide bonds. The maximum absolute atomic E-state index is 9.65. The summed E-state index contributed by atoms with van der Waals surface area (Å²) in [6.45, 7) is 0. The highest BCUT2D eigenvalue weighted by Gasteiger charge is 2.40. The molecule has 1 aromatic carbocycles. The van der Waals surface area contributed by atoms with Crippen LogP contribution in [0.5, 0.6) is 5.75 Å². The van der Waals surface area contributed by atoms with Gasteiger partial charge in [0, 0.05) is 6.04 Å². The second kappa shape index (κ2) is 4.29. The summed E-state index contributed by atoms with van der Waals surface area (Å²) in [5.41, 5.74) is 1.94. The number of benzene rings is 1. The van der Waals surface area contributed by atoms with Crippen molar-refractivity contribution < 1.29 is 4.74 Å². The Labute approximate surface area is 108 Å². The number of aryl methyl sites for hydroxylation is 1. The lowest BCUT2D eigenvalue weighted by Crippen LogP contribution is -2.45. The van der Waals surface area contributed by atoms with Crippen LogP contribution in [0.25, 0.3) is 0 Å². The minimum absolute atomic E-state index is 0.471. The zero-order valence-electron chi connectivity index (χ0n) is 10.7. The van der Waals surface area contributed by atoms with Gasteiger partial charge in [0.2, 0.25) is 0 Å². The van der Waals surface area contributed by atoms with Gasteiger partial charge in [0.05, 0.1) is 13.2 Å². The molecular formula is C15H18N2O. The molecule has 1 atom stereocenters. The molecule has 0 spiro atoms. The molecule has 1 fully saturated rings. The molecule has 3 heteroatoms. The molecule has 94 valence electrons. The second-order valence-electron chi connectivity index (χ2n) is 5.31. The van der Waals surface area contributed by atoms with Gasteiger partial charge >= 0.3 is 0 Å². The van der Waals surface area contributed by atoms with Crippen LogP contribution in [0.2, 0.25) is 0 Å². The fraction of sp³-hybridized carbons (Fsp3) is 0.533. The monoisotopic (exact) mass is 242 g/mol. The standard InChI is InChI=1S/C15H18N2O/c1-18-13-6-7-14-11(9-13)3-2-8-15(14,10-16)17-12-4-5-12/h6-7,9,12,17H,2-5,8H2,1H3. The van der Waals surface area contributed by atoms with E-state index >= 15 is 0 Å². The van der Waals surface area contributed by atoms with Crippen molar-refractivity contribution in [2.75, 3.05) is 7.11 Å². The van der Waals surface area contributed by atoms with Crippen molar-refractivity contribution >= 4 is 0 Å². The van der Waals surface area contributed by atoms with Gasteiger partial charge < -0.3 is 4.74 Å². The van der Waals surface area contributed by atoms with E-state index in [1.807, 2.05) is 6.07 Å². The minimum Gasteiger partial charge on any atom is -0.497 e. The van der Waals surface area contributed by atoms with Crippen LogP contribution < -0.4 is 10.1 Å². The van der Waals surface area contributed by atoms with E-state index in [0.29, 0.717) is 6.04 Å². The van der Waals surface area contributed by atoms with E-state index in [-0.39, 0.29) is 0 Å². The van der Waals surface area contributed by atoms with Crippen LogP contribution in [0.3, 0.4) is 0 Å². The van der Waals surface area contributed by atoms with Crippen molar-refractivity contribution in [1.29, 1.82) is 5.26 Å². The molecule has 3 nitrogen and oxygen atoms in total. The minimum atomic E-state index is -0.471. The third-order valence-electron chi connectivity index (χ3n) is 3.99. The third kappa shape index (κ3) is 1.87. The summed E-state index contributed by atoms with van der Waals surface area (Å²) in [6.07, 6.45) is 5.43. The molecule has 0 aliphatic heterocycles. The third-order valence-corrected chi connectivity index (χ3v) is 3.99. The Morgan fingerprint density at radius 1 is 1.44 bits per heavy atom. The molecule has 1 saturated carbocycles. The number of nitrogens with one attached hydrogen (secondary N) is 1. The van der Waals surface area contributed by atoms with E-state index in [1.165, 1.54) is 18.4 Å². The molecule has 1 N–H and O–H groups in total. The van der Waals surface area contributed by atoms with Gasteiger partial charge in [0.1, 0.15) is 11.3 Å². The number of hydrogen-bond acceptors (Lipinski definition) is 3. The smallest absolute Gasteiger partial charge is 0.132 e. The highest BCUT2D eigenvalue weighted by molar-refractivity contribution is 5.45. The Morgan fingerprint density at radius 3 is 2.94 bits per heavy atom. The summed E-state index contributed by atoms with van der Waals surface area (Å²) in [4.78, 5) is 0. The number of fused-ring (bicyclic) bond motifs is 1. The zero-order chi connectivity index (χ0) is 12.6. The summed E-state index contributed by atoms with van der Waals surface area (Å²) in [5.74, 6) is 0.883. The van der Waals surface area contributed by atoms with Gasteiger partial charge in [-0.25, -0.2) is 0 Å². The Morgan fingerprint density at radius 2 is 2.28 bits per heavy atom. The second-order valence-corrected chi connectivity index (χ2v) is 5.31. The first-order valence-corrected chi connectivity index (χ1v) is 6.64. The molecule has 0 radical (unpaired) electrons. The van der Waals surface area contributed by atoms with Crippen molar-refractivity contribution in [3.8, 4) is 11.8 Å². The van der Waals surface area contributed by atoms with Gasteiger partial charge in [0.15, 0.2) is 0 Å². The molecule has 0 bridgehead atoms. The summed E-state index contributed by atoms with van der Waals surface area (Å²) in [6, 6.07) is 9.17. The fourth-order valence-electron chi connectivity index (χ4n) is 2.87. The average Bonchev–Trinajstić information content (AvgIpc) is 3.22. The molecule has 1 aromatic rings. The lowest BCUT2D eigenvalue weighted by Gasteiger charge is -2.34. The first-order chi connectivity index (χ1) is 8.77. The van der Waals surface area contributed by atoms with Crippen LogP contribution in [0.4, 0.5) is 0 Å². The van der Waals surface area contributed by atoms with Crippen molar-refractivity contribution in [3.63, 3.8) is 0 Å². The van der Waals surface area contributed by atoms with Crippen molar-refractivity contribution in [3.05, 3.63) is 29.3 Å². The van der Waals surface area contributed by atoms with Crippen molar-refractivity contribution in [2.24, 2.45) is 0 Å². The Kier molecular flexibility index (Phi) is 2.76. The fourth-order valence-corrected chi connectivity index (χ4v) is 2.87. The number of methoxy groups -OCH3 is 1. The Balaban J connectivity index is 2.01. The number of nitrogens with zero attached hydrogens (tertiary/aromatic N) is 1. The first-order valence-electron chi connectivity index (χ1n) is 6.64. The normalized spacial score (nSPS) is 26.2. The van der Waals surface area contributed by atoms with Gasteiger partial charge in [-0.3, -0.25) is 5.32 Å². The van der Waals surface area contributed by atoms with Gasteiger partial charge in [-0.1, -0.05) is 6.07 Å². The van der Waals surface area contributed by atoms with E-state index in [0.717, 1.165) is 30.6 Å². The number of ether oxygens (including phenoxy) is 1. The number of rotatable bonds is 3. The SMILES string of the molecule is COc1ccc2c(c1)CCCC2(C#N)NC1CC1. The summed E-state index contributed by atoms with van der Waals surface area (Å²) in [5, 5.41) is 13.2. The van der Waals surface area contributed by atoms with Gasteiger partial charge in [-0.05, 0) is 55.4 Å². The number of hydrogen-bond donors (Lipinski definition) is 1. The molecule has 18 heavy (non-hydrogen) atoms. The largest absolute Gasteiger partial charge is 0.497 e. The van der Waals surface area contributed by atoms with Gasteiger partial charge in [0.25, 0.3) is 0 Å². The summed E-state index contributed by atoms with van der Waals surface area (Å²) < 4.78 is 5.27. The van der Waals surface area contributed by atoms with Crippen LogP contribution in [0, 0.1) is 11.3 Å². The Bertz CT molecular complexity index is 502. The first kappa shape index (κ1) is 11.6. The maximum Gasteiger partial charge on any atom is 0.132 e. The van der Waals surface area contributed by atoms with Crippen LogP contribution in [-0.4, -0.2) is 13.2 Å². The van der Waals surface area contributed by atoms with E-state index < -0.39 is 5.54 Å². The molecule has 0 aromatic heterocycles. The molecule has 2 aliphatic carbocycles.